The Morgan fingerprint density at radius 1 is 0.645 bits per heavy atom. The first-order valence-corrected chi connectivity index (χ1v) is 23.3. The van der Waals surface area contributed by atoms with Crippen LogP contribution >= 0.6 is 22.7 Å². The third-order valence-corrected chi connectivity index (χ3v) is 14.3. The van der Waals surface area contributed by atoms with Crippen LogP contribution in [-0.2, 0) is 39.9 Å². The molecule has 6 N–H and O–H groups in total. The van der Waals surface area contributed by atoms with Crippen molar-refractivity contribution in [2.24, 2.45) is 0 Å². The lowest BCUT2D eigenvalue weighted by molar-refractivity contribution is -0.121. The number of hydrogen-bond acceptors (Lipinski definition) is 8. The summed E-state index contributed by atoms with van der Waals surface area (Å²) in [4.78, 5) is 25.9. The topological polar surface area (TPSA) is 123 Å². The maximum absolute atomic E-state index is 13.6. The summed E-state index contributed by atoms with van der Waals surface area (Å²) in [5, 5.41) is 38.6. The molecule has 62 heavy (non-hydrogen) atoms. The zero-order valence-electron chi connectivity index (χ0n) is 35.8. The SMILES string of the molecule is C#Cc1csc(C2(NC[C@@H](O)[C@H](Cc3cc(F)cc(F)c3)NC(C)=O)CCCCC2)c1.CCc1csc(C2(NC[C@@H](O)[C@H](Cc3cc(F)cc(F)c3)NC(C)=O)CCCCC2)c1. The normalized spacial score (nSPS) is 17.7. The van der Waals surface area contributed by atoms with Crippen molar-refractivity contribution in [1.29, 1.82) is 0 Å². The molecule has 2 saturated carbocycles. The summed E-state index contributed by atoms with van der Waals surface area (Å²) in [6, 6.07) is 9.46. The van der Waals surface area contributed by atoms with E-state index in [1.165, 1.54) is 61.4 Å². The van der Waals surface area contributed by atoms with Crippen LogP contribution in [0.5, 0.6) is 0 Å². The molecule has 0 bridgehead atoms. The third-order valence-electron chi connectivity index (χ3n) is 11.9. The lowest BCUT2D eigenvalue weighted by Gasteiger charge is -2.39. The maximum Gasteiger partial charge on any atom is 0.217 e. The molecular formula is C48H60F4N4O4S2. The minimum absolute atomic E-state index is 0.115. The van der Waals surface area contributed by atoms with E-state index >= 15 is 0 Å². The van der Waals surface area contributed by atoms with E-state index in [2.05, 4.69) is 45.6 Å². The molecule has 336 valence electrons. The number of nitrogens with one attached hydrogen (secondary N) is 4. The molecule has 4 atom stereocenters. The van der Waals surface area contributed by atoms with E-state index in [1.54, 1.807) is 22.7 Å². The first-order chi connectivity index (χ1) is 29.6. The van der Waals surface area contributed by atoms with Crippen LogP contribution in [-0.4, -0.2) is 59.4 Å². The minimum Gasteiger partial charge on any atom is -0.390 e. The van der Waals surface area contributed by atoms with Gasteiger partial charge in [-0.05, 0) is 103 Å². The van der Waals surface area contributed by atoms with E-state index in [0.717, 1.165) is 80.4 Å². The van der Waals surface area contributed by atoms with Crippen molar-refractivity contribution in [3.63, 3.8) is 0 Å². The summed E-state index contributed by atoms with van der Waals surface area (Å²) in [7, 11) is 0. The number of thiophene rings is 2. The molecule has 2 aliphatic carbocycles. The van der Waals surface area contributed by atoms with Gasteiger partial charge >= 0.3 is 0 Å². The average Bonchev–Trinajstić information content (AvgIpc) is 3.93. The Kier molecular flexibility index (Phi) is 18.2. The van der Waals surface area contributed by atoms with Crippen LogP contribution in [0.25, 0.3) is 0 Å². The fourth-order valence-electron chi connectivity index (χ4n) is 8.74. The van der Waals surface area contributed by atoms with E-state index in [4.69, 9.17) is 6.42 Å². The summed E-state index contributed by atoms with van der Waals surface area (Å²) in [5.41, 5.74) is 2.48. The lowest BCUT2D eigenvalue weighted by atomic mass is 9.80. The Balaban J connectivity index is 0.000000234. The van der Waals surface area contributed by atoms with Crippen LogP contribution < -0.4 is 21.3 Å². The first-order valence-electron chi connectivity index (χ1n) is 21.6. The van der Waals surface area contributed by atoms with Crippen LogP contribution in [0.2, 0.25) is 0 Å². The predicted molar refractivity (Wildman–Crippen MR) is 239 cm³/mol. The van der Waals surface area contributed by atoms with E-state index in [0.29, 0.717) is 11.1 Å². The third kappa shape index (κ3) is 13.9. The highest BCUT2D eigenvalue weighted by molar-refractivity contribution is 7.10. The number of carbonyl (C=O) groups is 2. The first kappa shape index (κ1) is 48.9. The molecule has 0 spiro atoms. The number of rotatable bonds is 17. The molecule has 2 fully saturated rings. The Morgan fingerprint density at radius 3 is 1.40 bits per heavy atom. The van der Waals surface area contributed by atoms with Crippen molar-refractivity contribution < 1.29 is 37.4 Å². The van der Waals surface area contributed by atoms with Crippen LogP contribution in [0.4, 0.5) is 17.6 Å². The van der Waals surface area contributed by atoms with Gasteiger partial charge in [-0.2, -0.15) is 0 Å². The van der Waals surface area contributed by atoms with Gasteiger partial charge in [0.05, 0.1) is 35.4 Å². The van der Waals surface area contributed by atoms with Gasteiger partial charge in [0.1, 0.15) is 23.3 Å². The summed E-state index contributed by atoms with van der Waals surface area (Å²) in [6.45, 7) is 5.38. The fourth-order valence-corrected chi connectivity index (χ4v) is 11.1. The molecule has 2 aromatic heterocycles. The highest BCUT2D eigenvalue weighted by Gasteiger charge is 2.37. The van der Waals surface area contributed by atoms with E-state index < -0.39 is 47.6 Å². The Morgan fingerprint density at radius 2 is 1.05 bits per heavy atom. The maximum atomic E-state index is 13.6. The van der Waals surface area contributed by atoms with Crippen LogP contribution in [0, 0.1) is 35.6 Å². The van der Waals surface area contributed by atoms with E-state index in [1.807, 2.05) is 11.4 Å². The molecule has 2 amide bonds. The van der Waals surface area contributed by atoms with E-state index in [9.17, 15) is 37.4 Å². The smallest absolute Gasteiger partial charge is 0.217 e. The summed E-state index contributed by atoms with van der Waals surface area (Å²) in [6.07, 6.45) is 15.6. The van der Waals surface area contributed by atoms with Gasteiger partial charge in [-0.1, -0.05) is 51.4 Å². The summed E-state index contributed by atoms with van der Waals surface area (Å²) < 4.78 is 54.4. The zero-order valence-corrected chi connectivity index (χ0v) is 37.4. The molecule has 2 aliphatic rings. The molecule has 2 heterocycles. The average molecular weight is 897 g/mol. The predicted octanol–water partition coefficient (Wildman–Crippen LogP) is 8.31. The molecule has 8 nitrogen and oxygen atoms in total. The largest absolute Gasteiger partial charge is 0.390 e. The molecule has 0 radical (unpaired) electrons. The van der Waals surface area contributed by atoms with Gasteiger partial charge in [-0.3, -0.25) is 9.59 Å². The second kappa shape index (κ2) is 23.0. The van der Waals surface area contributed by atoms with Gasteiger partial charge in [0.15, 0.2) is 0 Å². The molecule has 0 unspecified atom stereocenters. The van der Waals surface area contributed by atoms with Crippen LogP contribution in [0.1, 0.15) is 117 Å². The van der Waals surface area contributed by atoms with Gasteiger partial charge in [-0.15, -0.1) is 29.1 Å². The number of aliphatic hydroxyl groups excluding tert-OH is 2. The van der Waals surface area contributed by atoms with Crippen molar-refractivity contribution in [3.8, 4) is 12.3 Å². The monoisotopic (exact) mass is 896 g/mol. The fraction of sp³-hybridized carbons (Fsp3) is 0.500. The molecule has 0 saturated heterocycles. The van der Waals surface area contributed by atoms with Crippen molar-refractivity contribution in [1.82, 2.24) is 21.3 Å². The quantitative estimate of drug-likeness (QED) is 0.0469. The minimum atomic E-state index is -0.943. The van der Waals surface area contributed by atoms with Gasteiger partial charge in [0.2, 0.25) is 11.8 Å². The number of halogens is 4. The van der Waals surface area contributed by atoms with Crippen LogP contribution in [0.3, 0.4) is 0 Å². The van der Waals surface area contributed by atoms with Crippen molar-refractivity contribution >= 4 is 34.5 Å². The zero-order chi connectivity index (χ0) is 44.9. The number of hydrogen-bond donors (Lipinski definition) is 6. The van der Waals surface area contributed by atoms with Crippen molar-refractivity contribution in [3.05, 3.63) is 115 Å². The molecule has 0 aliphatic heterocycles. The summed E-state index contributed by atoms with van der Waals surface area (Å²) in [5.74, 6) is -0.656. The highest BCUT2D eigenvalue weighted by Crippen LogP contribution is 2.41. The van der Waals surface area contributed by atoms with E-state index in [-0.39, 0.29) is 48.8 Å². The van der Waals surface area contributed by atoms with Crippen LogP contribution in [0.15, 0.2) is 59.3 Å². The molecule has 6 rings (SSSR count). The number of aliphatic hydroxyl groups is 2. The summed E-state index contributed by atoms with van der Waals surface area (Å²) >= 11 is 3.38. The second-order valence-corrected chi connectivity index (χ2v) is 18.6. The van der Waals surface area contributed by atoms with Gasteiger partial charge in [-0.25, -0.2) is 17.6 Å². The molecule has 14 heteroatoms. The van der Waals surface area contributed by atoms with Crippen molar-refractivity contribution in [2.45, 2.75) is 140 Å². The number of benzene rings is 2. The lowest BCUT2D eigenvalue weighted by Crippen LogP contribution is -2.52. The standard InChI is InChI=1S/C24H32F2N2O2S.C24H28F2N2O2S/c2*1-3-17-12-23(31-15-17)24(7-5-4-6-8-24)27-14-22(30)21(28-16(2)29)11-18-9-19(25)13-20(26)10-18/h9-10,12-13,15,21-22,27,30H,3-8,11,14H2,1-2H3,(H,28,29);1,9-10,12-13,15,21-22,27,30H,4-8,11,14H2,2H3,(H,28,29)/t2*21-,22+/m00/s1. The highest BCUT2D eigenvalue weighted by atomic mass is 32.1. The molecule has 4 aromatic rings. The second-order valence-electron chi connectivity index (χ2n) is 16.8. The Bertz CT molecular complexity index is 2080. The number of amides is 2. The number of terminal acetylenes is 1. The number of aryl methyl sites for hydroxylation is 1. The van der Waals surface area contributed by atoms with Gasteiger partial charge in [0, 0.05) is 59.8 Å². The molecular weight excluding hydrogens is 837 g/mol. The number of carbonyl (C=O) groups excluding carboxylic acids is 2. The van der Waals surface area contributed by atoms with Gasteiger partial charge in [0.25, 0.3) is 0 Å². The Hall–Kier alpha value is -4.10. The van der Waals surface area contributed by atoms with Gasteiger partial charge < -0.3 is 31.5 Å². The Labute approximate surface area is 371 Å². The molecule has 2 aromatic carbocycles. The van der Waals surface area contributed by atoms with Crippen molar-refractivity contribution in [2.75, 3.05) is 13.1 Å².